The van der Waals surface area contributed by atoms with Crippen LogP contribution in [0.4, 0.5) is 5.69 Å². The van der Waals surface area contributed by atoms with Gasteiger partial charge in [-0.05, 0) is 54.1 Å². The van der Waals surface area contributed by atoms with Crippen molar-refractivity contribution in [1.29, 1.82) is 0 Å². The minimum Gasteiger partial charge on any atom is -0.321 e. The summed E-state index contributed by atoms with van der Waals surface area (Å²) in [5.74, 6) is -0.790. The third-order valence-electron chi connectivity index (χ3n) is 3.63. The molecule has 2 N–H and O–H groups in total. The first kappa shape index (κ1) is 18.5. The lowest BCUT2D eigenvalue weighted by Crippen LogP contribution is -2.30. The van der Waals surface area contributed by atoms with Crippen LogP contribution in [0.3, 0.4) is 0 Å². The summed E-state index contributed by atoms with van der Waals surface area (Å²) < 4.78 is 0.906. The number of benzene rings is 2. The number of amides is 2. The van der Waals surface area contributed by atoms with Crippen LogP contribution in [0.2, 0.25) is 0 Å². The highest BCUT2D eigenvalue weighted by molar-refractivity contribution is 9.10. The van der Waals surface area contributed by atoms with E-state index in [1.165, 1.54) is 0 Å². The highest BCUT2D eigenvalue weighted by Crippen LogP contribution is 2.15. The van der Waals surface area contributed by atoms with Gasteiger partial charge in [-0.1, -0.05) is 40.2 Å². The van der Waals surface area contributed by atoms with Gasteiger partial charge in [0.1, 0.15) is 5.70 Å². The van der Waals surface area contributed by atoms with E-state index in [-0.39, 0.29) is 11.6 Å². The second-order valence-corrected chi connectivity index (χ2v) is 6.54. The summed E-state index contributed by atoms with van der Waals surface area (Å²) in [6.07, 6.45) is 4.84. The van der Waals surface area contributed by atoms with Crippen LogP contribution in [0.5, 0.6) is 0 Å². The maximum Gasteiger partial charge on any atom is 0.272 e. The smallest absolute Gasteiger partial charge is 0.272 e. The molecule has 6 heteroatoms. The third kappa shape index (κ3) is 5.36. The van der Waals surface area contributed by atoms with Crippen molar-refractivity contribution in [3.8, 4) is 0 Å². The minimum absolute atomic E-state index is 0.125. The quantitative estimate of drug-likeness (QED) is 0.604. The first-order chi connectivity index (χ1) is 13.1. The van der Waals surface area contributed by atoms with Gasteiger partial charge in [0.25, 0.3) is 11.8 Å². The molecule has 3 rings (SSSR count). The van der Waals surface area contributed by atoms with Crippen molar-refractivity contribution in [2.75, 3.05) is 5.32 Å². The second kappa shape index (κ2) is 8.91. The molecular formula is C21H16BrN3O2. The van der Waals surface area contributed by atoms with Crippen molar-refractivity contribution in [3.05, 3.63) is 100 Å². The SMILES string of the molecule is O=C(Nc1ccc(Br)cc1)/C(=C\c1cccnc1)NC(=O)c1ccccc1. The third-order valence-corrected chi connectivity index (χ3v) is 4.15. The van der Waals surface area contributed by atoms with Crippen molar-refractivity contribution in [2.45, 2.75) is 0 Å². The topological polar surface area (TPSA) is 71.1 Å². The van der Waals surface area contributed by atoms with Gasteiger partial charge in [0.2, 0.25) is 0 Å². The molecule has 0 saturated heterocycles. The number of rotatable bonds is 5. The fourth-order valence-corrected chi connectivity index (χ4v) is 2.57. The van der Waals surface area contributed by atoms with Crippen molar-refractivity contribution >= 4 is 39.5 Å². The van der Waals surface area contributed by atoms with Crippen LogP contribution in [-0.2, 0) is 4.79 Å². The zero-order chi connectivity index (χ0) is 19.1. The maximum atomic E-state index is 12.7. The van der Waals surface area contributed by atoms with Gasteiger partial charge in [-0.15, -0.1) is 0 Å². The summed E-state index contributed by atoms with van der Waals surface area (Å²) >= 11 is 3.36. The Morgan fingerprint density at radius 1 is 0.926 bits per heavy atom. The number of anilines is 1. The van der Waals surface area contributed by atoms with E-state index in [1.807, 2.05) is 18.2 Å². The molecule has 0 bridgehead atoms. The molecule has 0 fully saturated rings. The minimum atomic E-state index is -0.426. The van der Waals surface area contributed by atoms with Crippen molar-refractivity contribution in [2.24, 2.45) is 0 Å². The summed E-state index contributed by atoms with van der Waals surface area (Å²) in [7, 11) is 0. The van der Waals surface area contributed by atoms with E-state index in [9.17, 15) is 9.59 Å². The molecule has 5 nitrogen and oxygen atoms in total. The molecule has 1 aromatic heterocycles. The molecule has 134 valence electrons. The summed E-state index contributed by atoms with van der Waals surface area (Å²) in [6.45, 7) is 0. The van der Waals surface area contributed by atoms with Gasteiger partial charge in [-0.25, -0.2) is 0 Å². The standard InChI is InChI=1S/C21H16BrN3O2/c22-17-8-10-18(11-9-17)24-21(27)19(13-15-5-4-12-23-14-15)25-20(26)16-6-2-1-3-7-16/h1-14H,(H,24,27)(H,25,26)/b19-13+. The van der Waals surface area contributed by atoms with Crippen molar-refractivity contribution in [3.63, 3.8) is 0 Å². The lowest BCUT2D eigenvalue weighted by atomic mass is 10.2. The Morgan fingerprint density at radius 3 is 2.33 bits per heavy atom. The van der Waals surface area contributed by atoms with Crippen LogP contribution in [0.1, 0.15) is 15.9 Å². The normalized spacial score (nSPS) is 10.9. The highest BCUT2D eigenvalue weighted by Gasteiger charge is 2.15. The summed E-state index contributed by atoms with van der Waals surface area (Å²) in [5.41, 5.74) is 1.91. The first-order valence-electron chi connectivity index (χ1n) is 8.17. The molecule has 0 atom stereocenters. The molecular weight excluding hydrogens is 406 g/mol. The lowest BCUT2D eigenvalue weighted by molar-refractivity contribution is -0.113. The Kier molecular flexibility index (Phi) is 6.12. The largest absolute Gasteiger partial charge is 0.321 e. The van der Waals surface area contributed by atoms with Gasteiger partial charge in [-0.3, -0.25) is 14.6 Å². The number of nitrogens with one attached hydrogen (secondary N) is 2. The number of carbonyl (C=O) groups excluding carboxylic acids is 2. The van der Waals surface area contributed by atoms with Crippen LogP contribution in [0, 0.1) is 0 Å². The maximum absolute atomic E-state index is 12.7. The van der Waals surface area contributed by atoms with Crippen LogP contribution >= 0.6 is 15.9 Å². The van der Waals surface area contributed by atoms with Crippen LogP contribution in [-0.4, -0.2) is 16.8 Å². The van der Waals surface area contributed by atoms with Gasteiger partial charge in [0, 0.05) is 28.1 Å². The molecule has 3 aromatic rings. The Bertz CT molecular complexity index is 956. The molecule has 0 saturated carbocycles. The predicted octanol–water partition coefficient (Wildman–Crippen LogP) is 4.25. The van der Waals surface area contributed by atoms with E-state index in [2.05, 4.69) is 31.5 Å². The van der Waals surface area contributed by atoms with E-state index in [1.54, 1.807) is 67.0 Å². The number of hydrogen-bond acceptors (Lipinski definition) is 3. The number of halogens is 1. The number of aromatic nitrogens is 1. The molecule has 0 spiro atoms. The fraction of sp³-hybridized carbons (Fsp3) is 0. The average molecular weight is 422 g/mol. The highest BCUT2D eigenvalue weighted by atomic mass is 79.9. The Morgan fingerprint density at radius 2 is 1.67 bits per heavy atom. The lowest BCUT2D eigenvalue weighted by Gasteiger charge is -2.11. The molecule has 0 unspecified atom stereocenters. The van der Waals surface area contributed by atoms with Crippen LogP contribution in [0.25, 0.3) is 6.08 Å². The van der Waals surface area contributed by atoms with E-state index >= 15 is 0 Å². The number of carbonyl (C=O) groups is 2. The average Bonchev–Trinajstić information content (AvgIpc) is 2.70. The molecule has 1 heterocycles. The molecule has 2 amide bonds. The van der Waals surface area contributed by atoms with Gasteiger partial charge in [0.15, 0.2) is 0 Å². The van der Waals surface area contributed by atoms with Gasteiger partial charge in [0.05, 0.1) is 0 Å². The van der Waals surface area contributed by atoms with Crippen molar-refractivity contribution in [1.82, 2.24) is 10.3 Å². The summed E-state index contributed by atoms with van der Waals surface area (Å²) in [6, 6.07) is 19.5. The molecule has 0 aliphatic rings. The van der Waals surface area contributed by atoms with E-state index in [0.29, 0.717) is 16.8 Å². The molecule has 0 radical (unpaired) electrons. The monoisotopic (exact) mass is 421 g/mol. The first-order valence-corrected chi connectivity index (χ1v) is 8.96. The molecule has 27 heavy (non-hydrogen) atoms. The Balaban J connectivity index is 1.85. The molecule has 2 aromatic carbocycles. The predicted molar refractivity (Wildman–Crippen MR) is 109 cm³/mol. The van der Waals surface area contributed by atoms with Crippen LogP contribution in [0.15, 0.2) is 89.3 Å². The summed E-state index contributed by atoms with van der Waals surface area (Å²) in [5, 5.41) is 5.47. The molecule has 0 aliphatic carbocycles. The second-order valence-electron chi connectivity index (χ2n) is 5.63. The Labute approximate surface area is 165 Å². The zero-order valence-corrected chi connectivity index (χ0v) is 15.8. The fourth-order valence-electron chi connectivity index (χ4n) is 2.30. The van der Waals surface area contributed by atoms with E-state index in [0.717, 1.165) is 4.47 Å². The molecule has 0 aliphatic heterocycles. The number of pyridine rings is 1. The zero-order valence-electron chi connectivity index (χ0n) is 14.2. The van der Waals surface area contributed by atoms with Crippen LogP contribution < -0.4 is 10.6 Å². The number of nitrogens with zero attached hydrogens (tertiary/aromatic N) is 1. The number of hydrogen-bond donors (Lipinski definition) is 2. The van der Waals surface area contributed by atoms with Gasteiger partial charge in [-0.2, -0.15) is 0 Å². The van der Waals surface area contributed by atoms with E-state index < -0.39 is 5.91 Å². The summed E-state index contributed by atoms with van der Waals surface area (Å²) in [4.78, 5) is 29.3. The van der Waals surface area contributed by atoms with Gasteiger partial charge < -0.3 is 10.6 Å². The van der Waals surface area contributed by atoms with Crippen molar-refractivity contribution < 1.29 is 9.59 Å². The van der Waals surface area contributed by atoms with Gasteiger partial charge >= 0.3 is 0 Å². The Hall–Kier alpha value is -3.25. The van der Waals surface area contributed by atoms with E-state index in [4.69, 9.17) is 0 Å².